The van der Waals surface area contributed by atoms with Crippen LogP contribution in [0.5, 0.6) is 0 Å². The molecule has 2 nitrogen and oxygen atoms in total. The molecule has 2 aliphatic rings. The molecule has 17 heavy (non-hydrogen) atoms. The molecule has 1 aromatic carbocycles. The summed E-state index contributed by atoms with van der Waals surface area (Å²) in [6.07, 6.45) is 4.31. The van der Waals surface area contributed by atoms with Crippen molar-refractivity contribution in [3.05, 3.63) is 29.3 Å². The second-order valence-electron chi connectivity index (χ2n) is 5.06. The van der Waals surface area contributed by atoms with Gasteiger partial charge in [0.05, 0.1) is 11.5 Å². The highest BCUT2D eigenvalue weighted by Crippen LogP contribution is 2.53. The van der Waals surface area contributed by atoms with Crippen molar-refractivity contribution in [3.8, 4) is 6.07 Å². The summed E-state index contributed by atoms with van der Waals surface area (Å²) in [7, 11) is 0. The molecule has 0 saturated heterocycles. The van der Waals surface area contributed by atoms with Crippen LogP contribution >= 0.6 is 11.8 Å². The summed E-state index contributed by atoms with van der Waals surface area (Å²) in [5.74, 6) is 1.22. The molecule has 0 bridgehead atoms. The molecule has 3 heteroatoms. The molecule has 0 aromatic heterocycles. The van der Waals surface area contributed by atoms with Crippen LogP contribution in [0.2, 0.25) is 0 Å². The number of nitrogens with two attached hydrogens (primary N) is 1. The molecule has 1 heterocycles. The Labute approximate surface area is 106 Å². The van der Waals surface area contributed by atoms with Gasteiger partial charge in [-0.1, -0.05) is 12.1 Å². The minimum absolute atomic E-state index is 0.107. The molecular formula is C14H16N2S. The van der Waals surface area contributed by atoms with E-state index >= 15 is 0 Å². The van der Waals surface area contributed by atoms with Crippen LogP contribution in [0.1, 0.15) is 36.4 Å². The Kier molecular flexibility index (Phi) is 2.65. The molecule has 1 unspecified atom stereocenters. The van der Waals surface area contributed by atoms with Crippen molar-refractivity contribution in [2.75, 3.05) is 5.75 Å². The standard InChI is InChI=1S/C14H16N2S/c15-9-14(5-6-14)13(16)11-3-4-12-10(8-11)2-1-7-17-12/h3-4,8,13H,1-2,5-7,16H2. The molecule has 1 aromatic rings. The lowest BCUT2D eigenvalue weighted by Gasteiger charge is -2.21. The quantitative estimate of drug-likeness (QED) is 0.870. The molecular weight excluding hydrogens is 228 g/mol. The van der Waals surface area contributed by atoms with Gasteiger partial charge in [0.15, 0.2) is 0 Å². The van der Waals surface area contributed by atoms with Crippen LogP contribution in [0.15, 0.2) is 23.1 Å². The number of hydrogen-bond donors (Lipinski definition) is 1. The molecule has 0 radical (unpaired) electrons. The zero-order chi connectivity index (χ0) is 11.9. The van der Waals surface area contributed by atoms with E-state index in [1.807, 2.05) is 11.8 Å². The number of thioether (sulfide) groups is 1. The van der Waals surface area contributed by atoms with Gasteiger partial charge in [0, 0.05) is 10.9 Å². The van der Waals surface area contributed by atoms with Gasteiger partial charge in [-0.3, -0.25) is 0 Å². The van der Waals surface area contributed by atoms with Crippen molar-refractivity contribution in [1.29, 1.82) is 5.26 Å². The van der Waals surface area contributed by atoms with E-state index in [1.165, 1.54) is 22.6 Å². The molecule has 1 aliphatic carbocycles. The van der Waals surface area contributed by atoms with E-state index < -0.39 is 0 Å². The van der Waals surface area contributed by atoms with Gasteiger partial charge >= 0.3 is 0 Å². The first-order valence-corrected chi connectivity index (χ1v) is 7.16. The largest absolute Gasteiger partial charge is 0.323 e. The zero-order valence-electron chi connectivity index (χ0n) is 9.78. The van der Waals surface area contributed by atoms with Gasteiger partial charge in [-0.05, 0) is 48.6 Å². The van der Waals surface area contributed by atoms with Crippen LogP contribution in [0.4, 0.5) is 0 Å². The molecule has 0 spiro atoms. The molecule has 88 valence electrons. The molecule has 1 fully saturated rings. The normalized spacial score (nSPS) is 22.4. The molecule has 2 N–H and O–H groups in total. The van der Waals surface area contributed by atoms with Crippen molar-refractivity contribution >= 4 is 11.8 Å². The van der Waals surface area contributed by atoms with Gasteiger partial charge in [-0.15, -0.1) is 11.8 Å². The number of nitriles is 1. The van der Waals surface area contributed by atoms with Gasteiger partial charge in [-0.2, -0.15) is 5.26 Å². The Balaban J connectivity index is 1.91. The van der Waals surface area contributed by atoms with Gasteiger partial charge in [-0.25, -0.2) is 0 Å². The summed E-state index contributed by atoms with van der Waals surface area (Å²) in [5.41, 5.74) is 8.54. The predicted molar refractivity (Wildman–Crippen MR) is 69.7 cm³/mol. The molecule has 1 saturated carbocycles. The molecule has 1 aliphatic heterocycles. The van der Waals surface area contributed by atoms with Crippen LogP contribution in [-0.4, -0.2) is 5.75 Å². The number of rotatable bonds is 2. The van der Waals surface area contributed by atoms with E-state index in [1.54, 1.807) is 0 Å². The fraction of sp³-hybridized carbons (Fsp3) is 0.500. The molecule has 1 atom stereocenters. The monoisotopic (exact) mass is 244 g/mol. The zero-order valence-corrected chi connectivity index (χ0v) is 10.6. The summed E-state index contributed by atoms with van der Waals surface area (Å²) in [6, 6.07) is 8.81. The highest BCUT2D eigenvalue weighted by atomic mass is 32.2. The first kappa shape index (κ1) is 11.1. The van der Waals surface area contributed by atoms with Crippen molar-refractivity contribution in [1.82, 2.24) is 0 Å². The SMILES string of the molecule is N#CC1(C(N)c2ccc3c(c2)CCCS3)CC1. The minimum Gasteiger partial charge on any atom is -0.323 e. The highest BCUT2D eigenvalue weighted by molar-refractivity contribution is 7.99. The Morgan fingerprint density at radius 1 is 1.41 bits per heavy atom. The van der Waals surface area contributed by atoms with Crippen molar-refractivity contribution in [3.63, 3.8) is 0 Å². The Morgan fingerprint density at radius 2 is 2.24 bits per heavy atom. The van der Waals surface area contributed by atoms with Crippen molar-refractivity contribution in [2.24, 2.45) is 11.1 Å². The second kappa shape index (κ2) is 4.04. The lowest BCUT2D eigenvalue weighted by atomic mass is 9.90. The maximum absolute atomic E-state index is 9.19. The van der Waals surface area contributed by atoms with Gasteiger partial charge in [0.25, 0.3) is 0 Å². The van der Waals surface area contributed by atoms with E-state index in [-0.39, 0.29) is 11.5 Å². The third-order valence-electron chi connectivity index (χ3n) is 3.90. The van der Waals surface area contributed by atoms with E-state index in [0.717, 1.165) is 24.8 Å². The third kappa shape index (κ3) is 1.86. The van der Waals surface area contributed by atoms with Crippen molar-refractivity contribution < 1.29 is 0 Å². The lowest BCUT2D eigenvalue weighted by Crippen LogP contribution is -2.21. The average molecular weight is 244 g/mol. The first-order valence-electron chi connectivity index (χ1n) is 6.18. The van der Waals surface area contributed by atoms with Crippen molar-refractivity contribution in [2.45, 2.75) is 36.6 Å². The molecule has 0 amide bonds. The van der Waals surface area contributed by atoms with E-state index in [0.29, 0.717) is 0 Å². The fourth-order valence-electron chi connectivity index (χ4n) is 2.52. The highest BCUT2D eigenvalue weighted by Gasteiger charge is 2.49. The predicted octanol–water partition coefficient (Wildman–Crippen LogP) is 3.03. The number of fused-ring (bicyclic) bond motifs is 1. The average Bonchev–Trinajstić information content (AvgIpc) is 3.18. The van der Waals surface area contributed by atoms with Crippen LogP contribution in [0, 0.1) is 16.7 Å². The number of hydrogen-bond acceptors (Lipinski definition) is 3. The number of aryl methyl sites for hydroxylation is 1. The third-order valence-corrected chi connectivity index (χ3v) is 5.10. The van der Waals surface area contributed by atoms with Gasteiger partial charge in [0.2, 0.25) is 0 Å². The summed E-state index contributed by atoms with van der Waals surface area (Å²) >= 11 is 1.93. The Morgan fingerprint density at radius 3 is 2.94 bits per heavy atom. The summed E-state index contributed by atoms with van der Waals surface area (Å²) < 4.78 is 0. The van der Waals surface area contributed by atoms with Crippen LogP contribution < -0.4 is 5.73 Å². The van der Waals surface area contributed by atoms with E-state index in [9.17, 15) is 5.26 Å². The molecule has 3 rings (SSSR count). The maximum Gasteiger partial charge on any atom is 0.0767 e. The van der Waals surface area contributed by atoms with Gasteiger partial charge < -0.3 is 5.73 Å². The number of benzene rings is 1. The Bertz CT molecular complexity index is 485. The second-order valence-corrected chi connectivity index (χ2v) is 6.20. The maximum atomic E-state index is 9.19. The fourth-order valence-corrected chi connectivity index (χ4v) is 3.54. The van der Waals surface area contributed by atoms with Gasteiger partial charge in [0.1, 0.15) is 0 Å². The van der Waals surface area contributed by atoms with E-state index in [2.05, 4.69) is 24.3 Å². The topological polar surface area (TPSA) is 49.8 Å². The minimum atomic E-state index is -0.268. The summed E-state index contributed by atoms with van der Waals surface area (Å²) in [5, 5.41) is 9.19. The van der Waals surface area contributed by atoms with Crippen LogP contribution in [-0.2, 0) is 6.42 Å². The summed E-state index contributed by atoms with van der Waals surface area (Å²) in [4.78, 5) is 1.40. The summed E-state index contributed by atoms with van der Waals surface area (Å²) in [6.45, 7) is 0. The first-order chi connectivity index (χ1) is 8.25. The Hall–Kier alpha value is -0.980. The van der Waals surface area contributed by atoms with Crippen LogP contribution in [0.3, 0.4) is 0 Å². The van der Waals surface area contributed by atoms with Crippen LogP contribution in [0.25, 0.3) is 0 Å². The van der Waals surface area contributed by atoms with E-state index in [4.69, 9.17) is 5.73 Å². The smallest absolute Gasteiger partial charge is 0.0767 e. The number of nitrogens with zero attached hydrogens (tertiary/aromatic N) is 1. The lowest BCUT2D eigenvalue weighted by molar-refractivity contribution is 0.518.